The van der Waals surface area contributed by atoms with Crippen LogP contribution in [0.15, 0.2) is 0 Å². The lowest BCUT2D eigenvalue weighted by Crippen LogP contribution is -2.25. The van der Waals surface area contributed by atoms with Crippen molar-refractivity contribution < 1.29 is 0 Å². The van der Waals surface area contributed by atoms with Crippen LogP contribution >= 0.6 is 11.3 Å². The summed E-state index contributed by atoms with van der Waals surface area (Å²) in [5, 5.41) is 4.76. The zero-order chi connectivity index (χ0) is 15.5. The van der Waals surface area contributed by atoms with Crippen LogP contribution < -0.4 is 10.2 Å². The van der Waals surface area contributed by atoms with E-state index in [1.807, 2.05) is 11.3 Å². The first-order valence-electron chi connectivity index (χ1n) is 8.41. The summed E-state index contributed by atoms with van der Waals surface area (Å²) in [6.45, 7) is 15.6. The number of hydrogen-bond donors (Lipinski definition) is 1. The van der Waals surface area contributed by atoms with Crippen LogP contribution in [0, 0.1) is 5.92 Å². The fraction of sp³-hybridized carbons (Fsp3) is 0.824. The van der Waals surface area contributed by atoms with Crippen molar-refractivity contribution in [1.82, 2.24) is 10.3 Å². The van der Waals surface area contributed by atoms with E-state index in [4.69, 9.17) is 4.98 Å². The Balaban J connectivity index is 2.16. The molecule has 3 nitrogen and oxygen atoms in total. The van der Waals surface area contributed by atoms with Crippen molar-refractivity contribution >= 4 is 16.5 Å². The zero-order valence-corrected chi connectivity index (χ0v) is 15.1. The van der Waals surface area contributed by atoms with E-state index in [2.05, 4.69) is 44.8 Å². The summed E-state index contributed by atoms with van der Waals surface area (Å²) in [7, 11) is 0. The van der Waals surface area contributed by atoms with Gasteiger partial charge in [0.2, 0.25) is 0 Å². The third kappa shape index (κ3) is 4.68. The number of nitrogens with one attached hydrogen (secondary N) is 1. The fourth-order valence-electron chi connectivity index (χ4n) is 2.51. The number of rotatable bonds is 8. The molecule has 1 fully saturated rings. The van der Waals surface area contributed by atoms with E-state index in [-0.39, 0.29) is 5.41 Å². The highest BCUT2D eigenvalue weighted by molar-refractivity contribution is 7.15. The standard InChI is InChI=1S/C17H31N3S/c1-6-10-18-11-14-15(17(3,4)5)19-16(21-14)20(7-2)12-13-8-9-13/h13,18H,6-12H2,1-5H3. The van der Waals surface area contributed by atoms with Gasteiger partial charge in [-0.3, -0.25) is 0 Å². The summed E-state index contributed by atoms with van der Waals surface area (Å²) in [6.07, 6.45) is 3.98. The monoisotopic (exact) mass is 309 g/mol. The number of hydrogen-bond acceptors (Lipinski definition) is 4. The van der Waals surface area contributed by atoms with Crippen LogP contribution in [-0.2, 0) is 12.0 Å². The lowest BCUT2D eigenvalue weighted by Gasteiger charge is -2.20. The fourth-order valence-corrected chi connectivity index (χ4v) is 3.83. The summed E-state index contributed by atoms with van der Waals surface area (Å²) < 4.78 is 0. The predicted octanol–water partition coefficient (Wildman–Crippen LogP) is 4.18. The Kier molecular flexibility index (Phi) is 5.67. The Bertz CT molecular complexity index is 443. The van der Waals surface area contributed by atoms with Gasteiger partial charge in [-0.15, -0.1) is 11.3 Å². The maximum Gasteiger partial charge on any atom is 0.185 e. The Morgan fingerprint density at radius 3 is 2.52 bits per heavy atom. The van der Waals surface area contributed by atoms with Crippen molar-refractivity contribution in [3.05, 3.63) is 10.6 Å². The molecular weight excluding hydrogens is 278 g/mol. The van der Waals surface area contributed by atoms with Crippen molar-refractivity contribution in [2.45, 2.75) is 65.8 Å². The topological polar surface area (TPSA) is 28.2 Å². The first-order valence-corrected chi connectivity index (χ1v) is 9.23. The van der Waals surface area contributed by atoms with E-state index in [1.165, 1.54) is 41.5 Å². The molecule has 1 saturated carbocycles. The Labute approximate surface area is 134 Å². The van der Waals surface area contributed by atoms with Gasteiger partial charge in [-0.1, -0.05) is 27.7 Å². The van der Waals surface area contributed by atoms with E-state index < -0.39 is 0 Å². The predicted molar refractivity (Wildman–Crippen MR) is 93.4 cm³/mol. The molecule has 0 amide bonds. The van der Waals surface area contributed by atoms with E-state index >= 15 is 0 Å². The lowest BCUT2D eigenvalue weighted by molar-refractivity contribution is 0.558. The van der Waals surface area contributed by atoms with Crippen LogP contribution in [0.1, 0.15) is 64.5 Å². The molecule has 21 heavy (non-hydrogen) atoms. The molecule has 1 heterocycles. The highest BCUT2D eigenvalue weighted by atomic mass is 32.1. The molecule has 1 aromatic rings. The van der Waals surface area contributed by atoms with Gasteiger partial charge in [0.15, 0.2) is 5.13 Å². The van der Waals surface area contributed by atoms with Crippen LogP contribution in [0.3, 0.4) is 0 Å². The lowest BCUT2D eigenvalue weighted by atomic mass is 9.91. The molecule has 2 rings (SSSR count). The zero-order valence-electron chi connectivity index (χ0n) is 14.3. The molecule has 1 N–H and O–H groups in total. The Morgan fingerprint density at radius 1 is 1.29 bits per heavy atom. The maximum absolute atomic E-state index is 5.02. The van der Waals surface area contributed by atoms with Crippen molar-refractivity contribution in [2.24, 2.45) is 5.92 Å². The highest BCUT2D eigenvalue weighted by Gasteiger charge is 2.28. The summed E-state index contributed by atoms with van der Waals surface area (Å²) in [5.74, 6) is 0.911. The molecular formula is C17H31N3S. The molecule has 1 aliphatic carbocycles. The molecule has 0 radical (unpaired) electrons. The van der Waals surface area contributed by atoms with E-state index in [0.29, 0.717) is 0 Å². The van der Waals surface area contributed by atoms with Crippen LogP contribution in [0.5, 0.6) is 0 Å². The summed E-state index contributed by atoms with van der Waals surface area (Å²) in [6, 6.07) is 0. The minimum atomic E-state index is 0.122. The third-order valence-electron chi connectivity index (χ3n) is 3.94. The average Bonchev–Trinajstić information content (AvgIpc) is 3.13. The van der Waals surface area contributed by atoms with Crippen LogP contribution in [0.4, 0.5) is 5.13 Å². The first-order chi connectivity index (χ1) is 9.95. The first kappa shape index (κ1) is 16.8. The van der Waals surface area contributed by atoms with Gasteiger partial charge in [0.1, 0.15) is 0 Å². The number of aromatic nitrogens is 1. The second-order valence-electron chi connectivity index (χ2n) is 7.18. The molecule has 120 valence electrons. The molecule has 0 aromatic carbocycles. The van der Waals surface area contributed by atoms with Gasteiger partial charge >= 0.3 is 0 Å². The van der Waals surface area contributed by atoms with Gasteiger partial charge in [-0.05, 0) is 38.6 Å². The van der Waals surface area contributed by atoms with Crippen LogP contribution in [-0.4, -0.2) is 24.6 Å². The number of nitrogens with zero attached hydrogens (tertiary/aromatic N) is 2. The van der Waals surface area contributed by atoms with Crippen molar-refractivity contribution in [1.29, 1.82) is 0 Å². The van der Waals surface area contributed by atoms with Gasteiger partial charge in [0.05, 0.1) is 5.69 Å². The molecule has 1 aliphatic rings. The number of anilines is 1. The van der Waals surface area contributed by atoms with Gasteiger partial charge in [-0.2, -0.15) is 0 Å². The largest absolute Gasteiger partial charge is 0.348 e. The van der Waals surface area contributed by atoms with E-state index in [1.54, 1.807) is 0 Å². The molecule has 4 heteroatoms. The molecule has 0 spiro atoms. The molecule has 0 aliphatic heterocycles. The SMILES string of the molecule is CCCNCc1sc(N(CC)CC2CC2)nc1C(C)(C)C. The van der Waals surface area contributed by atoms with E-state index in [9.17, 15) is 0 Å². The Morgan fingerprint density at radius 2 is 2.00 bits per heavy atom. The van der Waals surface area contributed by atoms with Gasteiger partial charge in [0.25, 0.3) is 0 Å². The number of thiazole rings is 1. The van der Waals surface area contributed by atoms with Gasteiger partial charge in [0, 0.05) is 29.9 Å². The molecule has 1 aromatic heterocycles. The maximum atomic E-state index is 5.02. The van der Waals surface area contributed by atoms with Crippen molar-refractivity contribution in [3.8, 4) is 0 Å². The summed E-state index contributed by atoms with van der Waals surface area (Å²) in [4.78, 5) is 8.91. The minimum absolute atomic E-state index is 0.122. The van der Waals surface area contributed by atoms with Crippen LogP contribution in [0.2, 0.25) is 0 Å². The van der Waals surface area contributed by atoms with E-state index in [0.717, 1.165) is 25.6 Å². The smallest absolute Gasteiger partial charge is 0.185 e. The normalized spacial score (nSPS) is 15.5. The Hall–Kier alpha value is -0.610. The molecule has 0 saturated heterocycles. The van der Waals surface area contributed by atoms with Crippen LogP contribution in [0.25, 0.3) is 0 Å². The summed E-state index contributed by atoms with van der Waals surface area (Å²) in [5.41, 5.74) is 1.40. The molecule has 0 bridgehead atoms. The molecule has 0 atom stereocenters. The third-order valence-corrected chi connectivity index (χ3v) is 5.05. The van der Waals surface area contributed by atoms with Crippen molar-refractivity contribution in [2.75, 3.05) is 24.5 Å². The van der Waals surface area contributed by atoms with Gasteiger partial charge in [-0.25, -0.2) is 4.98 Å². The summed E-state index contributed by atoms with van der Waals surface area (Å²) >= 11 is 1.89. The second-order valence-corrected chi connectivity index (χ2v) is 8.24. The molecule has 0 unspecified atom stereocenters. The minimum Gasteiger partial charge on any atom is -0.348 e. The highest BCUT2D eigenvalue weighted by Crippen LogP contribution is 2.36. The average molecular weight is 310 g/mol. The quantitative estimate of drug-likeness (QED) is 0.730. The van der Waals surface area contributed by atoms with Gasteiger partial charge < -0.3 is 10.2 Å². The second kappa shape index (κ2) is 7.10. The van der Waals surface area contributed by atoms with Crippen molar-refractivity contribution in [3.63, 3.8) is 0 Å².